The van der Waals surface area contributed by atoms with Crippen LogP contribution in [0.5, 0.6) is 0 Å². The second-order valence-electron chi connectivity index (χ2n) is 8.94. The van der Waals surface area contributed by atoms with Gasteiger partial charge in [-0.25, -0.2) is 0 Å². The van der Waals surface area contributed by atoms with Crippen molar-refractivity contribution in [2.45, 2.75) is 39.0 Å². The van der Waals surface area contributed by atoms with E-state index >= 15 is 0 Å². The first kappa shape index (κ1) is 25.1. The summed E-state index contributed by atoms with van der Waals surface area (Å²) < 4.78 is 6.10. The highest BCUT2D eigenvalue weighted by Gasteiger charge is 2.39. The summed E-state index contributed by atoms with van der Waals surface area (Å²) in [6.07, 6.45) is 0. The van der Waals surface area contributed by atoms with Gasteiger partial charge in [0.05, 0.1) is 8.07 Å². The van der Waals surface area contributed by atoms with E-state index in [1.54, 1.807) is 0 Å². The Balaban J connectivity index is 2.06. The highest BCUT2D eigenvalue weighted by molar-refractivity contribution is 8.41. The minimum Gasteiger partial charge on any atom is -0.265 e. The van der Waals surface area contributed by atoms with Crippen molar-refractivity contribution in [1.29, 1.82) is 0 Å². The zero-order valence-corrected chi connectivity index (χ0v) is 23.2. The molecule has 4 rings (SSSR count). The molecular weight excluding hydrogens is 467 g/mol. The molecule has 4 aromatic carbocycles. The van der Waals surface area contributed by atoms with Gasteiger partial charge in [0, 0.05) is 17.4 Å². The minimum atomic E-state index is -1.86. The molecule has 174 valence electrons. The van der Waals surface area contributed by atoms with Crippen molar-refractivity contribution < 1.29 is 0 Å². The van der Waals surface area contributed by atoms with Crippen molar-refractivity contribution in [2.75, 3.05) is 0 Å². The van der Waals surface area contributed by atoms with Gasteiger partial charge in [-0.15, -0.1) is 0 Å². The quantitative estimate of drug-likeness (QED) is 0.216. The van der Waals surface area contributed by atoms with E-state index in [1.165, 1.54) is 21.2 Å². The molecule has 0 spiro atoms. The van der Waals surface area contributed by atoms with Crippen molar-refractivity contribution in [3.8, 4) is 0 Å². The highest BCUT2D eigenvalue weighted by atomic mass is 32.1. The Morgan fingerprint density at radius 2 is 0.765 bits per heavy atom. The lowest BCUT2D eigenvalue weighted by molar-refractivity contribution is 1.01. The van der Waals surface area contributed by atoms with Crippen LogP contribution in [0.15, 0.2) is 126 Å². The Labute approximate surface area is 208 Å². The number of hydrogen-bond acceptors (Lipinski definition) is 1. The topological polar surface area (TPSA) is 12.4 Å². The molecule has 0 atom stereocenters. The first-order chi connectivity index (χ1) is 16.5. The van der Waals surface area contributed by atoms with Crippen LogP contribution in [0.25, 0.3) is 0 Å². The van der Waals surface area contributed by atoms with E-state index in [0.717, 1.165) is 0 Å². The number of hydrogen-bond donors (Lipinski definition) is 0. The molecule has 0 aromatic heterocycles. The molecule has 4 aromatic rings. The molecule has 0 unspecified atom stereocenters. The lowest BCUT2D eigenvalue weighted by Gasteiger charge is -2.41. The maximum Gasteiger partial charge on any atom is 0.0767 e. The van der Waals surface area contributed by atoms with Crippen molar-refractivity contribution in [1.82, 2.24) is 0 Å². The van der Waals surface area contributed by atoms with Gasteiger partial charge in [0.25, 0.3) is 0 Å². The molecule has 1 nitrogen and oxygen atoms in total. The summed E-state index contributed by atoms with van der Waals surface area (Å²) in [6, 6.07) is 44.3. The molecule has 0 amide bonds. The standard InChI is InChI=1S/C30H34NP3/c1-25(2)34(26(3)4,33(29-21-13-7-14-22-29)30-23-15-8-16-24-30)31-32(27-17-9-5-10-18-27)28-19-11-6-12-20-28/h5-26H,1-4H3. The average Bonchev–Trinajstić information content (AvgIpc) is 2.88. The fourth-order valence-corrected chi connectivity index (χ4v) is 20.9. The molecule has 0 heterocycles. The molecule has 0 radical (unpaired) electrons. The summed E-state index contributed by atoms with van der Waals surface area (Å²) in [5, 5.41) is 5.56. The van der Waals surface area contributed by atoms with Gasteiger partial charge in [-0.2, -0.15) is 0 Å². The molecule has 0 N–H and O–H groups in total. The van der Waals surface area contributed by atoms with Crippen LogP contribution in [0.2, 0.25) is 0 Å². The first-order valence-corrected chi connectivity index (χ1v) is 17.2. The lowest BCUT2D eigenvalue weighted by Crippen LogP contribution is -2.20. The van der Waals surface area contributed by atoms with Crippen molar-refractivity contribution in [3.63, 3.8) is 0 Å². The predicted octanol–water partition coefficient (Wildman–Crippen LogP) is 8.10. The number of rotatable bonds is 8. The predicted molar refractivity (Wildman–Crippen MR) is 158 cm³/mol. The molecule has 0 saturated carbocycles. The van der Waals surface area contributed by atoms with E-state index < -0.39 is 22.4 Å². The summed E-state index contributed by atoms with van der Waals surface area (Å²) in [5.41, 5.74) is 0.966. The van der Waals surface area contributed by atoms with Crippen LogP contribution in [0, 0.1) is 0 Å². The third-order valence-corrected chi connectivity index (χ3v) is 21.6. The molecule has 0 saturated heterocycles. The molecule has 0 aliphatic rings. The van der Waals surface area contributed by atoms with Gasteiger partial charge in [0.2, 0.25) is 0 Å². The smallest absolute Gasteiger partial charge is 0.0767 e. The minimum absolute atomic E-state index is 0.483. The molecular formula is C30H34NP3. The van der Waals surface area contributed by atoms with E-state index in [1.807, 2.05) is 0 Å². The average molecular weight is 502 g/mol. The Bertz CT molecular complexity index is 1120. The van der Waals surface area contributed by atoms with Crippen molar-refractivity contribution in [2.24, 2.45) is 4.52 Å². The van der Waals surface area contributed by atoms with Gasteiger partial charge < -0.3 is 0 Å². The molecule has 0 fully saturated rings. The van der Waals surface area contributed by atoms with E-state index in [9.17, 15) is 0 Å². The zero-order chi connectivity index (χ0) is 24.0. The lowest BCUT2D eigenvalue weighted by atomic mass is 10.4. The van der Waals surface area contributed by atoms with E-state index in [2.05, 4.69) is 149 Å². The van der Waals surface area contributed by atoms with Crippen LogP contribution in [0.1, 0.15) is 27.7 Å². The first-order valence-electron chi connectivity index (χ1n) is 12.0. The zero-order valence-electron chi connectivity index (χ0n) is 20.5. The Kier molecular flexibility index (Phi) is 8.55. The Hall–Kier alpha value is -2.03. The fraction of sp³-hybridized carbons (Fsp3) is 0.200. The van der Waals surface area contributed by atoms with Gasteiger partial charge in [0.15, 0.2) is 0 Å². The van der Waals surface area contributed by atoms with Gasteiger partial charge >= 0.3 is 0 Å². The molecule has 0 aliphatic heterocycles. The number of nitrogens with zero attached hydrogens (tertiary/aromatic N) is 1. The molecule has 0 bridgehead atoms. The second-order valence-corrected chi connectivity index (χ2v) is 19.6. The summed E-state index contributed by atoms with van der Waals surface area (Å²) >= 11 is 0. The summed E-state index contributed by atoms with van der Waals surface area (Å²) in [4.78, 5) is 0. The monoisotopic (exact) mass is 501 g/mol. The van der Waals surface area contributed by atoms with Crippen LogP contribution in [-0.2, 0) is 0 Å². The third-order valence-electron chi connectivity index (χ3n) is 6.08. The van der Waals surface area contributed by atoms with Gasteiger partial charge in [0.1, 0.15) is 0 Å². The third kappa shape index (κ3) is 5.29. The van der Waals surface area contributed by atoms with Gasteiger partial charge in [-0.05, 0) is 29.5 Å². The second kappa shape index (κ2) is 11.6. The van der Waals surface area contributed by atoms with Crippen LogP contribution < -0.4 is 21.2 Å². The molecule has 4 heteroatoms. The van der Waals surface area contributed by atoms with Crippen LogP contribution in [0.3, 0.4) is 0 Å². The van der Waals surface area contributed by atoms with Crippen molar-refractivity contribution in [3.05, 3.63) is 121 Å². The van der Waals surface area contributed by atoms with E-state index in [0.29, 0.717) is 11.3 Å². The maximum atomic E-state index is 6.10. The van der Waals surface area contributed by atoms with Gasteiger partial charge in [-0.3, -0.25) is 4.52 Å². The fourth-order valence-electron chi connectivity index (χ4n) is 4.50. The molecule has 34 heavy (non-hydrogen) atoms. The Morgan fingerprint density at radius 1 is 0.471 bits per heavy atom. The van der Waals surface area contributed by atoms with Crippen LogP contribution in [0.4, 0.5) is 0 Å². The van der Waals surface area contributed by atoms with Crippen LogP contribution >= 0.6 is 22.4 Å². The van der Waals surface area contributed by atoms with Crippen molar-refractivity contribution >= 4 is 43.6 Å². The molecule has 0 aliphatic carbocycles. The normalized spacial score (nSPS) is 12.0. The highest BCUT2D eigenvalue weighted by Crippen LogP contribution is 2.83. The largest absolute Gasteiger partial charge is 0.265 e. The van der Waals surface area contributed by atoms with E-state index in [4.69, 9.17) is 4.52 Å². The number of benzene rings is 4. The van der Waals surface area contributed by atoms with Gasteiger partial charge in [-0.1, -0.05) is 149 Å². The summed E-state index contributed by atoms with van der Waals surface area (Å²) in [7, 11) is -1.46. The summed E-state index contributed by atoms with van der Waals surface area (Å²) in [5.74, 6) is 0. The SMILES string of the molecule is CC(C)P(=NP(c1ccccc1)c1ccccc1)(C(C)C)P(c1ccccc1)c1ccccc1. The maximum absolute atomic E-state index is 6.10. The summed E-state index contributed by atoms with van der Waals surface area (Å²) in [6.45, 7) is 7.81. The van der Waals surface area contributed by atoms with Crippen LogP contribution in [-0.4, -0.2) is 11.3 Å². The Morgan fingerprint density at radius 3 is 1.06 bits per heavy atom. The van der Waals surface area contributed by atoms with E-state index in [-0.39, 0.29) is 0 Å².